The van der Waals surface area contributed by atoms with Crippen molar-refractivity contribution >= 4 is 23.6 Å². The number of hydrogen-bond acceptors (Lipinski definition) is 5. The summed E-state index contributed by atoms with van der Waals surface area (Å²) >= 11 is 0. The van der Waals surface area contributed by atoms with Gasteiger partial charge in [-0.05, 0) is 42.9 Å². The minimum Gasteiger partial charge on any atom is -0.456 e. The summed E-state index contributed by atoms with van der Waals surface area (Å²) in [4.78, 5) is 46.3. The van der Waals surface area contributed by atoms with Crippen molar-refractivity contribution in [3.8, 4) is 0 Å². The maximum atomic E-state index is 12.3. The summed E-state index contributed by atoms with van der Waals surface area (Å²) < 4.78 is 4.81. The topological polar surface area (TPSA) is 102 Å². The van der Waals surface area contributed by atoms with Crippen molar-refractivity contribution in [2.24, 2.45) is 0 Å². The molecule has 1 aliphatic carbocycles. The molecule has 0 saturated heterocycles. The third kappa shape index (κ3) is 5.98. The molecule has 1 aliphatic rings. The molecule has 0 aromatic heterocycles. The standard InChI is InChI=1S/C19H24N2O5/c1-20-17(23)11-21-18(24)12-26-19(25)9-8-16(22)15-7-6-13-4-2-3-5-14(13)10-15/h6-7,10H,2-5,8-9,11-12H2,1H3,(H,20,23)(H,21,24). The van der Waals surface area contributed by atoms with Crippen LogP contribution >= 0.6 is 0 Å². The summed E-state index contributed by atoms with van der Waals surface area (Å²) in [5, 5.41) is 4.67. The molecule has 7 heteroatoms. The number of benzene rings is 1. The number of Topliss-reactive ketones (excluding diaryl/α,β-unsaturated/α-hetero) is 1. The van der Waals surface area contributed by atoms with Crippen LogP contribution in [-0.2, 0) is 32.0 Å². The quantitative estimate of drug-likeness (QED) is 0.531. The average Bonchev–Trinajstić information content (AvgIpc) is 2.68. The number of amides is 2. The van der Waals surface area contributed by atoms with Crippen LogP contribution < -0.4 is 10.6 Å². The summed E-state index contributed by atoms with van der Waals surface area (Å²) in [5.74, 6) is -1.64. The Bertz CT molecular complexity index is 699. The van der Waals surface area contributed by atoms with E-state index < -0.39 is 18.5 Å². The number of ketones is 1. The molecule has 0 unspecified atom stereocenters. The average molecular weight is 360 g/mol. The number of fused-ring (bicyclic) bond motifs is 1. The first-order valence-electron chi connectivity index (χ1n) is 8.77. The second-order valence-electron chi connectivity index (χ2n) is 6.22. The van der Waals surface area contributed by atoms with Gasteiger partial charge in [0.15, 0.2) is 12.4 Å². The van der Waals surface area contributed by atoms with Crippen LogP contribution in [0.15, 0.2) is 18.2 Å². The van der Waals surface area contributed by atoms with Crippen LogP contribution in [0.2, 0.25) is 0 Å². The number of carbonyl (C=O) groups excluding carboxylic acids is 4. The van der Waals surface area contributed by atoms with E-state index >= 15 is 0 Å². The van der Waals surface area contributed by atoms with Gasteiger partial charge in [0.05, 0.1) is 13.0 Å². The predicted octanol–water partition coefficient (Wildman–Crippen LogP) is 0.934. The van der Waals surface area contributed by atoms with Crippen LogP contribution in [0, 0.1) is 0 Å². The molecule has 0 radical (unpaired) electrons. The molecule has 2 rings (SSSR count). The van der Waals surface area contributed by atoms with Gasteiger partial charge in [-0.1, -0.05) is 12.1 Å². The highest BCUT2D eigenvalue weighted by atomic mass is 16.5. The zero-order valence-electron chi connectivity index (χ0n) is 14.9. The van der Waals surface area contributed by atoms with Crippen LogP contribution in [-0.4, -0.2) is 43.8 Å². The first-order chi connectivity index (χ1) is 12.5. The van der Waals surface area contributed by atoms with Gasteiger partial charge in [0.2, 0.25) is 5.91 Å². The van der Waals surface area contributed by atoms with Crippen LogP contribution in [0.1, 0.15) is 47.2 Å². The normalized spacial score (nSPS) is 12.7. The summed E-state index contributed by atoms with van der Waals surface area (Å²) in [7, 11) is 1.45. The number of carbonyl (C=O) groups is 4. The van der Waals surface area contributed by atoms with E-state index in [-0.39, 0.29) is 31.1 Å². The lowest BCUT2D eigenvalue weighted by Gasteiger charge is -2.16. The Hall–Kier alpha value is -2.70. The lowest BCUT2D eigenvalue weighted by atomic mass is 9.89. The van der Waals surface area contributed by atoms with Crippen LogP contribution in [0.5, 0.6) is 0 Å². The van der Waals surface area contributed by atoms with E-state index in [0.717, 1.165) is 19.3 Å². The van der Waals surface area contributed by atoms with Gasteiger partial charge in [0, 0.05) is 19.0 Å². The first-order valence-corrected chi connectivity index (χ1v) is 8.77. The SMILES string of the molecule is CNC(=O)CNC(=O)COC(=O)CCC(=O)c1ccc2c(c1)CCCC2. The second-order valence-corrected chi connectivity index (χ2v) is 6.22. The highest BCUT2D eigenvalue weighted by Gasteiger charge is 2.15. The summed E-state index contributed by atoms with van der Waals surface area (Å²) in [5.41, 5.74) is 3.13. The summed E-state index contributed by atoms with van der Waals surface area (Å²) in [6, 6.07) is 5.73. The monoisotopic (exact) mass is 360 g/mol. The number of aryl methyl sites for hydroxylation is 2. The Kier molecular flexibility index (Phi) is 7.32. The Morgan fingerprint density at radius 3 is 2.46 bits per heavy atom. The van der Waals surface area contributed by atoms with E-state index in [9.17, 15) is 19.2 Å². The Labute approximate surface area is 152 Å². The van der Waals surface area contributed by atoms with Gasteiger partial charge in [0.1, 0.15) is 0 Å². The number of likely N-dealkylation sites (N-methyl/N-ethyl adjacent to an activating group) is 1. The molecular weight excluding hydrogens is 336 g/mol. The third-order valence-electron chi connectivity index (χ3n) is 4.32. The van der Waals surface area contributed by atoms with Crippen LogP contribution in [0.25, 0.3) is 0 Å². The minimum atomic E-state index is -0.619. The van der Waals surface area contributed by atoms with Crippen molar-refractivity contribution in [1.82, 2.24) is 10.6 Å². The lowest BCUT2D eigenvalue weighted by molar-refractivity contribution is -0.148. The Morgan fingerprint density at radius 2 is 1.73 bits per heavy atom. The molecule has 140 valence electrons. The molecule has 7 nitrogen and oxygen atoms in total. The van der Waals surface area contributed by atoms with E-state index in [0.29, 0.717) is 5.56 Å². The number of rotatable bonds is 8. The van der Waals surface area contributed by atoms with Gasteiger partial charge >= 0.3 is 5.97 Å². The van der Waals surface area contributed by atoms with Crippen molar-refractivity contribution in [2.45, 2.75) is 38.5 Å². The fourth-order valence-electron chi connectivity index (χ4n) is 2.80. The highest BCUT2D eigenvalue weighted by Crippen LogP contribution is 2.22. The van der Waals surface area contributed by atoms with Crippen molar-refractivity contribution in [3.05, 3.63) is 34.9 Å². The van der Waals surface area contributed by atoms with Crippen LogP contribution in [0.3, 0.4) is 0 Å². The third-order valence-corrected chi connectivity index (χ3v) is 4.32. The van der Waals surface area contributed by atoms with E-state index in [1.54, 1.807) is 0 Å². The Morgan fingerprint density at radius 1 is 1.00 bits per heavy atom. The fraction of sp³-hybridized carbons (Fsp3) is 0.474. The van der Waals surface area contributed by atoms with Gasteiger partial charge in [-0.2, -0.15) is 0 Å². The van der Waals surface area contributed by atoms with E-state index in [2.05, 4.69) is 10.6 Å². The molecule has 0 spiro atoms. The molecule has 2 amide bonds. The molecule has 0 fully saturated rings. The van der Waals surface area contributed by atoms with Gasteiger partial charge in [-0.15, -0.1) is 0 Å². The molecule has 0 aliphatic heterocycles. The van der Waals surface area contributed by atoms with Gasteiger partial charge in [-0.3, -0.25) is 19.2 Å². The van der Waals surface area contributed by atoms with Crippen molar-refractivity contribution in [3.63, 3.8) is 0 Å². The molecule has 0 saturated carbocycles. The fourth-order valence-corrected chi connectivity index (χ4v) is 2.80. The maximum Gasteiger partial charge on any atom is 0.306 e. The number of esters is 1. The molecule has 1 aromatic carbocycles. The number of nitrogens with one attached hydrogen (secondary N) is 2. The van der Waals surface area contributed by atoms with E-state index in [4.69, 9.17) is 4.74 Å². The van der Waals surface area contributed by atoms with Crippen molar-refractivity contribution in [2.75, 3.05) is 20.2 Å². The first kappa shape index (κ1) is 19.6. The molecule has 0 heterocycles. The molecule has 0 bridgehead atoms. The molecule has 26 heavy (non-hydrogen) atoms. The zero-order chi connectivity index (χ0) is 18.9. The second kappa shape index (κ2) is 9.70. The van der Waals surface area contributed by atoms with Gasteiger partial charge in [0.25, 0.3) is 5.91 Å². The smallest absolute Gasteiger partial charge is 0.306 e. The summed E-state index contributed by atoms with van der Waals surface area (Å²) in [6.45, 7) is -0.646. The lowest BCUT2D eigenvalue weighted by Crippen LogP contribution is -2.37. The molecule has 2 N–H and O–H groups in total. The van der Waals surface area contributed by atoms with Gasteiger partial charge in [-0.25, -0.2) is 0 Å². The van der Waals surface area contributed by atoms with E-state index in [1.807, 2.05) is 18.2 Å². The number of ether oxygens (including phenoxy) is 1. The Balaban J connectivity index is 1.72. The molecular formula is C19H24N2O5. The number of hydrogen-bond donors (Lipinski definition) is 2. The van der Waals surface area contributed by atoms with Gasteiger partial charge < -0.3 is 15.4 Å². The van der Waals surface area contributed by atoms with Crippen molar-refractivity contribution < 1.29 is 23.9 Å². The minimum absolute atomic E-state index is 0.0392. The largest absolute Gasteiger partial charge is 0.456 e. The predicted molar refractivity (Wildman–Crippen MR) is 94.7 cm³/mol. The van der Waals surface area contributed by atoms with E-state index in [1.165, 1.54) is 24.6 Å². The van der Waals surface area contributed by atoms with Crippen LogP contribution in [0.4, 0.5) is 0 Å². The highest BCUT2D eigenvalue weighted by molar-refractivity contribution is 5.98. The molecule has 1 aromatic rings. The zero-order valence-corrected chi connectivity index (χ0v) is 14.9. The molecule has 0 atom stereocenters. The van der Waals surface area contributed by atoms with Crippen molar-refractivity contribution in [1.29, 1.82) is 0 Å². The summed E-state index contributed by atoms with van der Waals surface area (Å²) in [6.07, 6.45) is 4.32. The maximum absolute atomic E-state index is 12.3.